The third-order valence-electron chi connectivity index (χ3n) is 3.53. The van der Waals surface area contributed by atoms with Crippen LogP contribution in [-0.2, 0) is 0 Å². The van der Waals surface area contributed by atoms with Gasteiger partial charge in [0.05, 0.1) is 6.61 Å². The summed E-state index contributed by atoms with van der Waals surface area (Å²) in [6, 6.07) is 0.303. The summed E-state index contributed by atoms with van der Waals surface area (Å²) in [6.45, 7) is 5.79. The topological polar surface area (TPSA) is 98.0 Å². The minimum atomic E-state index is 0.303. The molecule has 0 amide bonds. The molecule has 1 fully saturated rings. The zero-order valence-electron chi connectivity index (χ0n) is 12.2. The molecule has 7 nitrogen and oxygen atoms in total. The van der Waals surface area contributed by atoms with Crippen LogP contribution in [0.15, 0.2) is 0 Å². The Balaban J connectivity index is 1.95. The van der Waals surface area contributed by atoms with Gasteiger partial charge >= 0.3 is 6.01 Å². The van der Waals surface area contributed by atoms with Crippen molar-refractivity contribution in [1.82, 2.24) is 15.0 Å². The molecule has 0 saturated heterocycles. The van der Waals surface area contributed by atoms with Crippen molar-refractivity contribution in [2.75, 3.05) is 23.9 Å². The molecule has 1 aliphatic carbocycles. The quantitative estimate of drug-likeness (QED) is 0.517. The van der Waals surface area contributed by atoms with Crippen molar-refractivity contribution in [1.29, 1.82) is 0 Å². The molecule has 0 aliphatic heterocycles. The SMILES string of the molecule is CCCOc1nc(NN)nc(NCC2CCC(C)C2)n1. The Bertz CT molecular complexity index is 427. The van der Waals surface area contributed by atoms with Gasteiger partial charge in [-0.15, -0.1) is 0 Å². The molecule has 1 aliphatic rings. The number of nitrogens with two attached hydrogens (primary N) is 1. The Hall–Kier alpha value is -1.63. The Morgan fingerprint density at radius 1 is 1.25 bits per heavy atom. The fourth-order valence-electron chi connectivity index (χ4n) is 2.50. The van der Waals surface area contributed by atoms with Crippen LogP contribution < -0.4 is 21.3 Å². The number of hydrazine groups is 1. The normalized spacial score (nSPS) is 21.8. The third kappa shape index (κ3) is 4.19. The number of rotatable bonds is 7. The number of anilines is 2. The van der Waals surface area contributed by atoms with E-state index in [-0.39, 0.29) is 0 Å². The van der Waals surface area contributed by atoms with Crippen LogP contribution in [-0.4, -0.2) is 28.1 Å². The van der Waals surface area contributed by atoms with E-state index in [1.54, 1.807) is 0 Å². The Labute approximate surface area is 119 Å². The Kier molecular flexibility index (Phi) is 5.34. The average Bonchev–Trinajstić information content (AvgIpc) is 2.88. The summed E-state index contributed by atoms with van der Waals surface area (Å²) in [5.41, 5.74) is 2.44. The van der Waals surface area contributed by atoms with Crippen LogP contribution in [0.1, 0.15) is 39.5 Å². The van der Waals surface area contributed by atoms with Crippen molar-refractivity contribution in [2.45, 2.75) is 39.5 Å². The molecule has 1 saturated carbocycles. The fourth-order valence-corrected chi connectivity index (χ4v) is 2.50. The van der Waals surface area contributed by atoms with E-state index in [1.165, 1.54) is 19.3 Å². The maximum absolute atomic E-state index is 5.43. The summed E-state index contributed by atoms with van der Waals surface area (Å²) in [5, 5.41) is 3.26. The summed E-state index contributed by atoms with van der Waals surface area (Å²) in [5.74, 6) is 7.71. The van der Waals surface area contributed by atoms with E-state index < -0.39 is 0 Å². The number of aromatic nitrogens is 3. The van der Waals surface area contributed by atoms with Gasteiger partial charge in [0.2, 0.25) is 11.9 Å². The average molecular weight is 280 g/mol. The van der Waals surface area contributed by atoms with Crippen molar-refractivity contribution in [3.05, 3.63) is 0 Å². The van der Waals surface area contributed by atoms with Gasteiger partial charge in [-0.05, 0) is 31.1 Å². The first-order chi connectivity index (χ1) is 9.71. The predicted octanol–water partition coefficient (Wildman–Crippen LogP) is 1.79. The van der Waals surface area contributed by atoms with Crippen molar-refractivity contribution in [3.63, 3.8) is 0 Å². The molecule has 20 heavy (non-hydrogen) atoms. The van der Waals surface area contributed by atoms with Crippen LogP contribution in [0, 0.1) is 11.8 Å². The number of ether oxygens (including phenoxy) is 1. The van der Waals surface area contributed by atoms with E-state index in [4.69, 9.17) is 10.6 Å². The highest BCUT2D eigenvalue weighted by Crippen LogP contribution is 2.30. The third-order valence-corrected chi connectivity index (χ3v) is 3.53. The van der Waals surface area contributed by atoms with Crippen LogP contribution in [0.25, 0.3) is 0 Å². The molecule has 1 aromatic heterocycles. The number of hydrogen-bond acceptors (Lipinski definition) is 7. The largest absolute Gasteiger partial charge is 0.463 e. The number of hydrogen-bond donors (Lipinski definition) is 3. The van der Waals surface area contributed by atoms with Crippen LogP contribution in [0.3, 0.4) is 0 Å². The highest BCUT2D eigenvalue weighted by Gasteiger charge is 2.21. The Morgan fingerprint density at radius 2 is 2.05 bits per heavy atom. The molecule has 1 heterocycles. The maximum atomic E-state index is 5.43. The van der Waals surface area contributed by atoms with E-state index in [0.717, 1.165) is 18.9 Å². The lowest BCUT2D eigenvalue weighted by Gasteiger charge is -2.12. The minimum absolute atomic E-state index is 0.303. The second-order valence-corrected chi connectivity index (χ2v) is 5.42. The zero-order valence-corrected chi connectivity index (χ0v) is 12.2. The van der Waals surface area contributed by atoms with Crippen molar-refractivity contribution >= 4 is 11.9 Å². The van der Waals surface area contributed by atoms with E-state index in [1.807, 2.05) is 6.92 Å². The number of nitrogen functional groups attached to an aromatic ring is 1. The van der Waals surface area contributed by atoms with Gasteiger partial charge in [0.25, 0.3) is 0 Å². The second kappa shape index (κ2) is 7.23. The summed E-state index contributed by atoms with van der Waals surface area (Å²) in [6.07, 6.45) is 4.74. The second-order valence-electron chi connectivity index (χ2n) is 5.42. The molecule has 0 bridgehead atoms. The monoisotopic (exact) mass is 280 g/mol. The van der Waals surface area contributed by atoms with Crippen molar-refractivity contribution in [3.8, 4) is 6.01 Å². The van der Waals surface area contributed by atoms with Gasteiger partial charge in [0.1, 0.15) is 0 Å². The molecule has 4 N–H and O–H groups in total. The number of nitrogens with zero attached hydrogens (tertiary/aromatic N) is 3. The van der Waals surface area contributed by atoms with Crippen LogP contribution >= 0.6 is 0 Å². The highest BCUT2D eigenvalue weighted by atomic mass is 16.5. The lowest BCUT2D eigenvalue weighted by atomic mass is 10.1. The van der Waals surface area contributed by atoms with Gasteiger partial charge in [-0.2, -0.15) is 15.0 Å². The molecule has 112 valence electrons. The molecule has 2 atom stereocenters. The fraction of sp³-hybridized carbons (Fsp3) is 0.769. The maximum Gasteiger partial charge on any atom is 0.323 e. The van der Waals surface area contributed by atoms with Crippen LogP contribution in [0.4, 0.5) is 11.9 Å². The molecule has 2 unspecified atom stereocenters. The minimum Gasteiger partial charge on any atom is -0.463 e. The molecular weight excluding hydrogens is 256 g/mol. The zero-order chi connectivity index (χ0) is 14.4. The van der Waals surface area contributed by atoms with E-state index in [2.05, 4.69) is 32.6 Å². The molecule has 0 spiro atoms. The molecule has 0 aromatic carbocycles. The molecule has 2 rings (SSSR count). The van der Waals surface area contributed by atoms with Gasteiger partial charge in [-0.1, -0.05) is 20.3 Å². The van der Waals surface area contributed by atoms with E-state index in [0.29, 0.717) is 30.4 Å². The molecule has 7 heteroatoms. The molecule has 0 radical (unpaired) electrons. The first-order valence-electron chi connectivity index (χ1n) is 7.30. The molecule has 1 aromatic rings. The smallest absolute Gasteiger partial charge is 0.323 e. The van der Waals surface area contributed by atoms with Gasteiger partial charge in [0.15, 0.2) is 0 Å². The van der Waals surface area contributed by atoms with E-state index >= 15 is 0 Å². The lowest BCUT2D eigenvalue weighted by molar-refractivity contribution is 0.292. The first-order valence-corrected chi connectivity index (χ1v) is 7.30. The number of nitrogens with one attached hydrogen (secondary N) is 2. The van der Waals surface area contributed by atoms with Crippen LogP contribution in [0.2, 0.25) is 0 Å². The highest BCUT2D eigenvalue weighted by molar-refractivity contribution is 5.34. The van der Waals surface area contributed by atoms with Crippen LogP contribution in [0.5, 0.6) is 6.01 Å². The van der Waals surface area contributed by atoms with Gasteiger partial charge in [-0.25, -0.2) is 5.84 Å². The summed E-state index contributed by atoms with van der Waals surface area (Å²) >= 11 is 0. The van der Waals surface area contributed by atoms with Gasteiger partial charge in [0, 0.05) is 6.54 Å². The molecular formula is C13H24N6O. The van der Waals surface area contributed by atoms with Crippen molar-refractivity contribution in [2.24, 2.45) is 17.7 Å². The predicted molar refractivity (Wildman–Crippen MR) is 78.4 cm³/mol. The summed E-state index contributed by atoms with van der Waals surface area (Å²) < 4.78 is 5.43. The standard InChI is InChI=1S/C13H24N6O/c1-3-6-20-13-17-11(16-12(18-13)19-14)15-8-10-5-4-9(2)7-10/h9-10H,3-8,14H2,1-2H3,(H2,15,16,17,18,19). The first kappa shape index (κ1) is 14.8. The van der Waals surface area contributed by atoms with Gasteiger partial charge < -0.3 is 10.1 Å². The van der Waals surface area contributed by atoms with E-state index in [9.17, 15) is 0 Å². The summed E-state index contributed by atoms with van der Waals surface area (Å²) in [7, 11) is 0. The summed E-state index contributed by atoms with van der Waals surface area (Å²) in [4.78, 5) is 12.5. The Morgan fingerprint density at radius 3 is 2.70 bits per heavy atom. The van der Waals surface area contributed by atoms with Crippen molar-refractivity contribution < 1.29 is 4.74 Å². The van der Waals surface area contributed by atoms with Gasteiger partial charge in [-0.3, -0.25) is 5.43 Å². The lowest BCUT2D eigenvalue weighted by Crippen LogP contribution is -2.17.